The number of nitrogens with zero attached hydrogens (tertiary/aromatic N) is 4. The molecule has 0 radical (unpaired) electrons. The predicted octanol–water partition coefficient (Wildman–Crippen LogP) is 3.97. The number of aromatic nitrogens is 2. The zero-order chi connectivity index (χ0) is 24.5. The Labute approximate surface area is 209 Å². The number of rotatable bonds is 5. The summed E-state index contributed by atoms with van der Waals surface area (Å²) in [6.45, 7) is 5.96. The molecule has 7 heteroatoms. The smallest absolute Gasteiger partial charge is 0.332 e. The lowest BCUT2D eigenvalue weighted by Crippen LogP contribution is -2.46. The van der Waals surface area contributed by atoms with Gasteiger partial charge in [0.15, 0.2) is 0 Å². The Kier molecular flexibility index (Phi) is 6.50. The van der Waals surface area contributed by atoms with Crippen LogP contribution in [0.2, 0.25) is 5.02 Å². The summed E-state index contributed by atoms with van der Waals surface area (Å²) >= 11 is 6.58. The second-order valence-electron chi connectivity index (χ2n) is 9.28. The molecule has 0 unspecified atom stereocenters. The molecule has 1 saturated heterocycles. The van der Waals surface area contributed by atoms with E-state index in [1.807, 2.05) is 67.6 Å². The fraction of sp³-hybridized carbons (Fsp3) is 0.286. The molecular formula is C28H29ClN4O2. The van der Waals surface area contributed by atoms with Crippen LogP contribution >= 0.6 is 11.6 Å². The van der Waals surface area contributed by atoms with Crippen LogP contribution in [0.1, 0.15) is 16.7 Å². The minimum absolute atomic E-state index is 0.222. The molecule has 1 fully saturated rings. The molecule has 3 aromatic carbocycles. The maximum absolute atomic E-state index is 14.0. The molecule has 1 aliphatic rings. The van der Waals surface area contributed by atoms with E-state index in [4.69, 9.17) is 11.6 Å². The fourth-order valence-corrected chi connectivity index (χ4v) is 5.00. The Hall–Kier alpha value is -3.35. The zero-order valence-corrected chi connectivity index (χ0v) is 20.8. The van der Waals surface area contributed by atoms with Gasteiger partial charge in [0.05, 0.1) is 29.7 Å². The van der Waals surface area contributed by atoms with Gasteiger partial charge in [-0.25, -0.2) is 4.79 Å². The summed E-state index contributed by atoms with van der Waals surface area (Å²) in [4.78, 5) is 32.3. The number of hydrogen-bond donors (Lipinski definition) is 0. The maximum atomic E-state index is 14.0. The number of piperazine rings is 1. The van der Waals surface area contributed by atoms with Gasteiger partial charge in [-0.3, -0.25) is 13.9 Å². The highest BCUT2D eigenvalue weighted by Crippen LogP contribution is 2.29. The summed E-state index contributed by atoms with van der Waals surface area (Å²) in [7, 11) is 2.10. The molecule has 1 aromatic heterocycles. The predicted molar refractivity (Wildman–Crippen MR) is 143 cm³/mol. The van der Waals surface area contributed by atoms with Crippen molar-refractivity contribution in [3.05, 3.63) is 109 Å². The van der Waals surface area contributed by atoms with Crippen LogP contribution < -0.4 is 16.1 Å². The Morgan fingerprint density at radius 2 is 1.51 bits per heavy atom. The van der Waals surface area contributed by atoms with E-state index in [-0.39, 0.29) is 17.8 Å². The molecule has 0 spiro atoms. The van der Waals surface area contributed by atoms with E-state index >= 15 is 0 Å². The third-order valence-electron chi connectivity index (χ3n) is 6.89. The third-order valence-corrected chi connectivity index (χ3v) is 7.11. The van der Waals surface area contributed by atoms with Crippen LogP contribution in [0.5, 0.6) is 0 Å². The average Bonchev–Trinajstić information content (AvgIpc) is 2.86. The highest BCUT2D eigenvalue weighted by molar-refractivity contribution is 6.31. The summed E-state index contributed by atoms with van der Waals surface area (Å²) in [6.07, 6.45) is 0. The first-order valence-electron chi connectivity index (χ1n) is 11.9. The average molecular weight is 489 g/mol. The van der Waals surface area contributed by atoms with Crippen molar-refractivity contribution in [1.82, 2.24) is 14.0 Å². The summed E-state index contributed by atoms with van der Waals surface area (Å²) in [5.74, 6) is 0. The van der Waals surface area contributed by atoms with Crippen LogP contribution in [0, 0.1) is 6.92 Å². The van der Waals surface area contributed by atoms with Crippen molar-refractivity contribution in [2.45, 2.75) is 20.0 Å². The van der Waals surface area contributed by atoms with Crippen LogP contribution in [-0.2, 0) is 13.1 Å². The largest absolute Gasteiger partial charge is 0.368 e. The van der Waals surface area contributed by atoms with E-state index in [0.717, 1.165) is 48.6 Å². The SMILES string of the molecule is Cc1ccccc1Cn1c(=O)c2c(N3CCN(C)CC3)cc(Cl)cc2n(Cc2ccccc2)c1=O. The number of aryl methyl sites for hydroxylation is 1. The number of halogens is 1. The molecular weight excluding hydrogens is 460 g/mol. The van der Waals surface area contributed by atoms with E-state index < -0.39 is 0 Å². The van der Waals surface area contributed by atoms with E-state index in [2.05, 4.69) is 16.8 Å². The van der Waals surface area contributed by atoms with Crippen LogP contribution in [-0.4, -0.2) is 47.3 Å². The van der Waals surface area contributed by atoms with Gasteiger partial charge in [-0.2, -0.15) is 0 Å². The van der Waals surface area contributed by atoms with Crippen LogP contribution in [0.4, 0.5) is 5.69 Å². The Bertz CT molecular complexity index is 1490. The molecule has 180 valence electrons. The minimum atomic E-state index is -0.332. The second kappa shape index (κ2) is 9.72. The van der Waals surface area contributed by atoms with Gasteiger partial charge in [0, 0.05) is 31.2 Å². The molecule has 4 aromatic rings. The topological polar surface area (TPSA) is 50.5 Å². The zero-order valence-electron chi connectivity index (χ0n) is 20.1. The molecule has 0 atom stereocenters. The molecule has 2 heterocycles. The molecule has 0 bridgehead atoms. The minimum Gasteiger partial charge on any atom is -0.368 e. The second-order valence-corrected chi connectivity index (χ2v) is 9.72. The lowest BCUT2D eigenvalue weighted by atomic mass is 10.1. The van der Waals surface area contributed by atoms with Gasteiger partial charge in [-0.05, 0) is 42.8 Å². The van der Waals surface area contributed by atoms with E-state index in [9.17, 15) is 9.59 Å². The van der Waals surface area contributed by atoms with Crippen molar-refractivity contribution in [3.8, 4) is 0 Å². The first kappa shape index (κ1) is 23.4. The summed E-state index contributed by atoms with van der Waals surface area (Å²) in [6, 6.07) is 21.3. The Balaban J connectivity index is 1.77. The number of likely N-dealkylation sites (N-methyl/N-ethyl adjacent to an activating group) is 1. The molecule has 6 nitrogen and oxygen atoms in total. The maximum Gasteiger partial charge on any atom is 0.332 e. The standard InChI is InChI=1S/C28H29ClN4O2/c1-20-8-6-7-11-22(20)19-33-27(34)26-24(31-14-12-30(2)13-15-31)16-23(29)17-25(26)32(28(33)35)18-21-9-4-3-5-10-21/h3-11,16-17H,12-15,18-19H2,1-2H3. The highest BCUT2D eigenvalue weighted by atomic mass is 35.5. The monoisotopic (exact) mass is 488 g/mol. The molecule has 0 amide bonds. The van der Waals surface area contributed by atoms with Crippen molar-refractivity contribution in [1.29, 1.82) is 0 Å². The van der Waals surface area contributed by atoms with Crippen LogP contribution in [0.25, 0.3) is 10.9 Å². The van der Waals surface area contributed by atoms with Gasteiger partial charge in [0.2, 0.25) is 0 Å². The van der Waals surface area contributed by atoms with Crippen LogP contribution in [0.15, 0.2) is 76.3 Å². The van der Waals surface area contributed by atoms with Crippen molar-refractivity contribution >= 4 is 28.2 Å². The molecule has 0 aliphatic carbocycles. The van der Waals surface area contributed by atoms with Crippen LogP contribution in [0.3, 0.4) is 0 Å². The summed E-state index contributed by atoms with van der Waals surface area (Å²) in [5.41, 5.74) is 3.75. The van der Waals surface area contributed by atoms with Gasteiger partial charge < -0.3 is 9.80 Å². The number of anilines is 1. The first-order valence-corrected chi connectivity index (χ1v) is 12.3. The third kappa shape index (κ3) is 4.64. The lowest BCUT2D eigenvalue weighted by Gasteiger charge is -2.34. The van der Waals surface area contributed by atoms with Gasteiger partial charge in [0.25, 0.3) is 5.56 Å². The quantitative estimate of drug-likeness (QED) is 0.426. The Morgan fingerprint density at radius 3 is 2.23 bits per heavy atom. The van der Waals surface area contributed by atoms with E-state index in [0.29, 0.717) is 22.5 Å². The first-order chi connectivity index (χ1) is 16.9. The lowest BCUT2D eigenvalue weighted by molar-refractivity contribution is 0.313. The van der Waals surface area contributed by atoms with Gasteiger partial charge in [-0.15, -0.1) is 0 Å². The van der Waals surface area contributed by atoms with Gasteiger partial charge in [0.1, 0.15) is 0 Å². The number of hydrogen-bond acceptors (Lipinski definition) is 4. The van der Waals surface area contributed by atoms with Crippen molar-refractivity contribution in [3.63, 3.8) is 0 Å². The highest BCUT2D eigenvalue weighted by Gasteiger charge is 2.23. The fourth-order valence-electron chi connectivity index (χ4n) is 4.79. The Morgan fingerprint density at radius 1 is 0.829 bits per heavy atom. The van der Waals surface area contributed by atoms with E-state index in [1.54, 1.807) is 10.6 Å². The van der Waals surface area contributed by atoms with E-state index in [1.165, 1.54) is 4.57 Å². The van der Waals surface area contributed by atoms with Gasteiger partial charge in [-0.1, -0.05) is 66.2 Å². The molecule has 0 saturated carbocycles. The van der Waals surface area contributed by atoms with Crippen molar-refractivity contribution < 1.29 is 0 Å². The summed E-state index contributed by atoms with van der Waals surface area (Å²) < 4.78 is 3.07. The molecule has 5 rings (SSSR count). The molecule has 0 N–H and O–H groups in total. The molecule has 1 aliphatic heterocycles. The number of fused-ring (bicyclic) bond motifs is 1. The van der Waals surface area contributed by atoms with Gasteiger partial charge >= 0.3 is 5.69 Å². The van der Waals surface area contributed by atoms with Crippen molar-refractivity contribution in [2.24, 2.45) is 0 Å². The normalized spacial score (nSPS) is 14.5. The summed E-state index contributed by atoms with van der Waals surface area (Å²) in [5, 5.41) is 1.06. The van der Waals surface area contributed by atoms with Crippen molar-refractivity contribution in [2.75, 3.05) is 38.1 Å². The molecule has 35 heavy (non-hydrogen) atoms. The number of benzene rings is 3.